The van der Waals surface area contributed by atoms with E-state index in [0.29, 0.717) is 12.2 Å². The molecule has 3 rings (SSSR count). The minimum Gasteiger partial charge on any atom is -0.385 e. The highest BCUT2D eigenvalue weighted by molar-refractivity contribution is 5.56. The second-order valence-corrected chi connectivity index (χ2v) is 5.92. The van der Waals surface area contributed by atoms with Crippen LogP contribution in [0, 0.1) is 0 Å². The molecule has 0 amide bonds. The number of morpholine rings is 1. The molecule has 2 heterocycles. The molecule has 1 aromatic rings. The zero-order valence-corrected chi connectivity index (χ0v) is 12.0. The van der Waals surface area contributed by atoms with Crippen molar-refractivity contribution in [2.45, 2.75) is 45.4 Å². The third-order valence-corrected chi connectivity index (χ3v) is 4.08. The van der Waals surface area contributed by atoms with E-state index in [1.54, 1.807) is 0 Å². The van der Waals surface area contributed by atoms with Crippen molar-refractivity contribution in [1.82, 2.24) is 4.90 Å². The summed E-state index contributed by atoms with van der Waals surface area (Å²) in [6.45, 7) is 8.60. The van der Waals surface area contributed by atoms with Crippen molar-refractivity contribution in [2.75, 3.05) is 25.0 Å². The Morgan fingerprint density at radius 2 is 2.05 bits per heavy atom. The van der Waals surface area contributed by atoms with Crippen molar-refractivity contribution in [2.24, 2.45) is 0 Å². The molecule has 104 valence electrons. The summed E-state index contributed by atoms with van der Waals surface area (Å²) in [7, 11) is 0. The fourth-order valence-electron chi connectivity index (χ4n) is 3.39. The number of hydrogen-bond donors (Lipinski definition) is 1. The molecule has 0 unspecified atom stereocenters. The topological polar surface area (TPSA) is 24.5 Å². The first kappa shape index (κ1) is 12.9. The highest BCUT2D eigenvalue weighted by Gasteiger charge is 2.23. The summed E-state index contributed by atoms with van der Waals surface area (Å²) in [5, 5.41) is 3.51. The van der Waals surface area contributed by atoms with Gasteiger partial charge in [0.05, 0.1) is 12.2 Å². The van der Waals surface area contributed by atoms with Crippen LogP contribution >= 0.6 is 0 Å². The summed E-state index contributed by atoms with van der Waals surface area (Å²) < 4.78 is 5.81. The quantitative estimate of drug-likeness (QED) is 0.884. The van der Waals surface area contributed by atoms with Gasteiger partial charge in [-0.25, -0.2) is 0 Å². The molecule has 3 nitrogen and oxygen atoms in total. The maximum absolute atomic E-state index is 5.81. The Morgan fingerprint density at radius 3 is 2.84 bits per heavy atom. The van der Waals surface area contributed by atoms with Gasteiger partial charge in [-0.3, -0.25) is 4.90 Å². The lowest BCUT2D eigenvalue weighted by Gasteiger charge is -2.36. The van der Waals surface area contributed by atoms with Crippen LogP contribution in [0.5, 0.6) is 0 Å². The lowest BCUT2D eigenvalue weighted by atomic mass is 9.97. The standard InChI is InChI=1S/C16H24N2O/c1-12-9-18(10-13(2)19-12)11-14-5-3-7-16-15(14)6-4-8-17-16/h3,5,7,12-13,17H,4,6,8-11H2,1-2H3/t12-,13+. The second kappa shape index (κ2) is 5.51. The number of fused-ring (bicyclic) bond motifs is 1. The van der Waals surface area contributed by atoms with Crippen molar-refractivity contribution < 1.29 is 4.74 Å². The molecule has 3 heteroatoms. The van der Waals surface area contributed by atoms with E-state index in [4.69, 9.17) is 4.74 Å². The molecule has 1 fully saturated rings. The molecule has 0 bridgehead atoms. The largest absolute Gasteiger partial charge is 0.385 e. The Balaban J connectivity index is 1.76. The van der Waals surface area contributed by atoms with Crippen LogP contribution in [0.3, 0.4) is 0 Å². The SMILES string of the molecule is C[C@@H]1CN(Cc2cccc3c2CCCN3)C[C@H](C)O1. The highest BCUT2D eigenvalue weighted by Crippen LogP contribution is 2.27. The van der Waals surface area contributed by atoms with E-state index in [2.05, 4.69) is 42.3 Å². The number of nitrogens with zero attached hydrogens (tertiary/aromatic N) is 1. The Hall–Kier alpha value is -1.06. The van der Waals surface area contributed by atoms with Gasteiger partial charge in [-0.05, 0) is 43.9 Å². The van der Waals surface area contributed by atoms with Crippen LogP contribution in [0.15, 0.2) is 18.2 Å². The summed E-state index contributed by atoms with van der Waals surface area (Å²) in [6, 6.07) is 6.68. The molecule has 0 spiro atoms. The van der Waals surface area contributed by atoms with Crippen molar-refractivity contribution in [1.29, 1.82) is 0 Å². The number of benzene rings is 1. The molecular formula is C16H24N2O. The maximum Gasteiger partial charge on any atom is 0.0678 e. The number of anilines is 1. The van der Waals surface area contributed by atoms with Crippen LogP contribution in [0.2, 0.25) is 0 Å². The molecule has 2 aliphatic heterocycles. The Morgan fingerprint density at radius 1 is 1.26 bits per heavy atom. The zero-order valence-electron chi connectivity index (χ0n) is 12.0. The van der Waals surface area contributed by atoms with Crippen molar-refractivity contribution >= 4 is 5.69 Å². The predicted octanol–water partition coefficient (Wildman–Crippen LogP) is 2.65. The van der Waals surface area contributed by atoms with E-state index in [-0.39, 0.29) is 0 Å². The Kier molecular flexibility index (Phi) is 3.76. The van der Waals surface area contributed by atoms with Gasteiger partial charge in [-0.2, -0.15) is 0 Å². The first-order chi connectivity index (χ1) is 9.22. The van der Waals surface area contributed by atoms with Gasteiger partial charge in [0.25, 0.3) is 0 Å². The molecule has 0 aliphatic carbocycles. The second-order valence-electron chi connectivity index (χ2n) is 5.92. The van der Waals surface area contributed by atoms with Crippen LogP contribution in [-0.2, 0) is 17.7 Å². The van der Waals surface area contributed by atoms with Gasteiger partial charge in [-0.15, -0.1) is 0 Å². The number of ether oxygens (including phenoxy) is 1. The van der Waals surface area contributed by atoms with Gasteiger partial charge in [0, 0.05) is 31.9 Å². The van der Waals surface area contributed by atoms with Crippen molar-refractivity contribution in [3.63, 3.8) is 0 Å². The zero-order chi connectivity index (χ0) is 13.2. The summed E-state index contributed by atoms with van der Waals surface area (Å²) in [6.07, 6.45) is 3.16. The maximum atomic E-state index is 5.81. The average molecular weight is 260 g/mol. The van der Waals surface area contributed by atoms with Crippen molar-refractivity contribution in [3.05, 3.63) is 29.3 Å². The first-order valence-corrected chi connectivity index (χ1v) is 7.45. The summed E-state index contributed by atoms with van der Waals surface area (Å²) >= 11 is 0. The smallest absolute Gasteiger partial charge is 0.0678 e. The van der Waals surface area contributed by atoms with E-state index in [1.807, 2.05) is 0 Å². The Labute approximate surface area is 115 Å². The molecule has 0 radical (unpaired) electrons. The van der Waals surface area contributed by atoms with E-state index in [9.17, 15) is 0 Å². The molecule has 1 aromatic carbocycles. The molecule has 2 atom stereocenters. The van der Waals surface area contributed by atoms with Crippen LogP contribution in [0.4, 0.5) is 5.69 Å². The predicted molar refractivity (Wildman–Crippen MR) is 78.5 cm³/mol. The molecule has 1 N–H and O–H groups in total. The van der Waals surface area contributed by atoms with Crippen LogP contribution in [0.25, 0.3) is 0 Å². The molecule has 1 saturated heterocycles. The lowest BCUT2D eigenvalue weighted by molar-refractivity contribution is -0.0705. The minimum absolute atomic E-state index is 0.349. The molecule has 19 heavy (non-hydrogen) atoms. The van der Waals surface area contributed by atoms with Gasteiger partial charge in [0.1, 0.15) is 0 Å². The van der Waals surface area contributed by atoms with Crippen LogP contribution in [0.1, 0.15) is 31.4 Å². The average Bonchev–Trinajstić information content (AvgIpc) is 2.38. The molecule has 0 saturated carbocycles. The minimum atomic E-state index is 0.349. The normalized spacial score (nSPS) is 27.7. The van der Waals surface area contributed by atoms with Crippen molar-refractivity contribution in [3.8, 4) is 0 Å². The van der Waals surface area contributed by atoms with Crippen LogP contribution in [-0.4, -0.2) is 36.7 Å². The van der Waals surface area contributed by atoms with Crippen LogP contribution < -0.4 is 5.32 Å². The van der Waals surface area contributed by atoms with Gasteiger partial charge in [0.2, 0.25) is 0 Å². The first-order valence-electron chi connectivity index (χ1n) is 7.45. The van der Waals surface area contributed by atoms with E-state index < -0.39 is 0 Å². The summed E-state index contributed by atoms with van der Waals surface area (Å²) in [4.78, 5) is 2.53. The summed E-state index contributed by atoms with van der Waals surface area (Å²) in [5.41, 5.74) is 4.37. The van der Waals surface area contributed by atoms with Gasteiger partial charge >= 0.3 is 0 Å². The third kappa shape index (κ3) is 2.93. The van der Waals surface area contributed by atoms with Gasteiger partial charge < -0.3 is 10.1 Å². The number of hydrogen-bond acceptors (Lipinski definition) is 3. The third-order valence-electron chi connectivity index (χ3n) is 4.08. The van der Waals surface area contributed by atoms with E-state index in [0.717, 1.165) is 26.2 Å². The van der Waals surface area contributed by atoms with Gasteiger partial charge in [-0.1, -0.05) is 12.1 Å². The lowest BCUT2D eigenvalue weighted by Crippen LogP contribution is -2.45. The Bertz CT molecular complexity index is 436. The number of rotatable bonds is 2. The highest BCUT2D eigenvalue weighted by atomic mass is 16.5. The number of nitrogens with one attached hydrogen (secondary N) is 1. The fraction of sp³-hybridized carbons (Fsp3) is 0.625. The monoisotopic (exact) mass is 260 g/mol. The molecule has 2 aliphatic rings. The molecule has 0 aromatic heterocycles. The van der Waals surface area contributed by atoms with Gasteiger partial charge in [0.15, 0.2) is 0 Å². The van der Waals surface area contributed by atoms with E-state index in [1.165, 1.54) is 29.7 Å². The summed E-state index contributed by atoms with van der Waals surface area (Å²) in [5.74, 6) is 0. The fourth-order valence-corrected chi connectivity index (χ4v) is 3.39. The molecular weight excluding hydrogens is 236 g/mol. The van der Waals surface area contributed by atoms with E-state index >= 15 is 0 Å².